The van der Waals surface area contributed by atoms with Gasteiger partial charge in [0.05, 0.1) is 6.04 Å². The van der Waals surface area contributed by atoms with Crippen LogP contribution in [-0.4, -0.2) is 11.9 Å². The van der Waals surface area contributed by atoms with Gasteiger partial charge in [0.15, 0.2) is 11.6 Å². The minimum Gasteiger partial charge on any atom is -0.351 e. The minimum absolute atomic E-state index is 0.141. The average molecular weight is 256 g/mol. The summed E-state index contributed by atoms with van der Waals surface area (Å²) >= 11 is 0. The summed E-state index contributed by atoms with van der Waals surface area (Å²) in [5, 5.41) is 2.60. The summed E-state index contributed by atoms with van der Waals surface area (Å²) in [5.74, 6) is -1.78. The number of halogens is 2. The second kappa shape index (κ2) is 6.44. The lowest BCUT2D eigenvalue weighted by molar-refractivity contribution is -0.122. The van der Waals surface area contributed by atoms with E-state index in [1.165, 1.54) is 6.07 Å². The second-order valence-corrected chi connectivity index (χ2v) is 4.70. The Bertz CT molecular complexity index is 421. The van der Waals surface area contributed by atoms with Crippen LogP contribution in [0.3, 0.4) is 0 Å². The van der Waals surface area contributed by atoms with Gasteiger partial charge in [-0.3, -0.25) is 4.79 Å². The Morgan fingerprint density at radius 1 is 1.33 bits per heavy atom. The number of nitrogens with two attached hydrogens (primary N) is 1. The molecule has 1 amide bonds. The molecule has 1 atom stereocenters. The fourth-order valence-corrected chi connectivity index (χ4v) is 1.58. The van der Waals surface area contributed by atoms with E-state index in [0.29, 0.717) is 17.9 Å². The van der Waals surface area contributed by atoms with Crippen molar-refractivity contribution in [1.29, 1.82) is 0 Å². The highest BCUT2D eigenvalue weighted by Crippen LogP contribution is 2.08. The summed E-state index contributed by atoms with van der Waals surface area (Å²) in [7, 11) is 0. The molecular formula is C13H18F2N2O. The van der Waals surface area contributed by atoms with Gasteiger partial charge in [0.25, 0.3) is 0 Å². The first kappa shape index (κ1) is 14.6. The Morgan fingerprint density at radius 3 is 2.56 bits per heavy atom. The van der Waals surface area contributed by atoms with Crippen LogP contribution < -0.4 is 11.1 Å². The maximum absolute atomic E-state index is 12.9. The summed E-state index contributed by atoms with van der Waals surface area (Å²) in [6.45, 7) is 4.09. The van der Waals surface area contributed by atoms with Crippen LogP contribution in [0.1, 0.15) is 25.8 Å². The van der Waals surface area contributed by atoms with Crippen molar-refractivity contribution < 1.29 is 13.6 Å². The summed E-state index contributed by atoms with van der Waals surface area (Å²) in [5.41, 5.74) is 6.19. The Morgan fingerprint density at radius 2 is 2.00 bits per heavy atom. The van der Waals surface area contributed by atoms with Crippen molar-refractivity contribution in [3.05, 3.63) is 35.4 Å². The number of carbonyl (C=O) groups is 1. The number of hydrogen-bond acceptors (Lipinski definition) is 2. The molecule has 0 spiro atoms. The predicted molar refractivity (Wildman–Crippen MR) is 65.6 cm³/mol. The number of carbonyl (C=O) groups excluding carboxylic acids is 1. The number of rotatable bonds is 5. The first-order valence-corrected chi connectivity index (χ1v) is 5.87. The van der Waals surface area contributed by atoms with Gasteiger partial charge in [-0.2, -0.15) is 0 Å². The Kier molecular flexibility index (Phi) is 5.22. The summed E-state index contributed by atoms with van der Waals surface area (Å²) in [6.07, 6.45) is 0.587. The molecule has 0 heterocycles. The molecule has 100 valence electrons. The van der Waals surface area contributed by atoms with Gasteiger partial charge in [-0.15, -0.1) is 0 Å². The number of hydrogen-bond donors (Lipinski definition) is 2. The zero-order chi connectivity index (χ0) is 13.7. The molecule has 1 aromatic carbocycles. The topological polar surface area (TPSA) is 55.1 Å². The van der Waals surface area contributed by atoms with Gasteiger partial charge in [0, 0.05) is 6.54 Å². The molecule has 3 nitrogen and oxygen atoms in total. The lowest BCUT2D eigenvalue weighted by atomic mass is 10.0. The fraction of sp³-hybridized carbons (Fsp3) is 0.462. The van der Waals surface area contributed by atoms with Crippen molar-refractivity contribution in [2.45, 2.75) is 32.9 Å². The van der Waals surface area contributed by atoms with Crippen molar-refractivity contribution in [3.8, 4) is 0 Å². The van der Waals surface area contributed by atoms with Crippen LogP contribution in [0.25, 0.3) is 0 Å². The van der Waals surface area contributed by atoms with Crippen LogP contribution in [0.4, 0.5) is 8.78 Å². The van der Waals surface area contributed by atoms with Gasteiger partial charge in [0.1, 0.15) is 0 Å². The van der Waals surface area contributed by atoms with E-state index < -0.39 is 17.7 Å². The molecule has 0 saturated carbocycles. The van der Waals surface area contributed by atoms with Crippen LogP contribution in [0, 0.1) is 17.6 Å². The smallest absolute Gasteiger partial charge is 0.237 e. The molecule has 0 aliphatic rings. The number of nitrogens with one attached hydrogen (secondary N) is 1. The van der Waals surface area contributed by atoms with Crippen LogP contribution >= 0.6 is 0 Å². The number of benzene rings is 1. The average Bonchev–Trinajstić information content (AvgIpc) is 2.29. The maximum Gasteiger partial charge on any atom is 0.237 e. The second-order valence-electron chi connectivity index (χ2n) is 4.70. The van der Waals surface area contributed by atoms with E-state index in [0.717, 1.165) is 12.1 Å². The molecule has 1 aromatic rings. The third-order valence-corrected chi connectivity index (χ3v) is 2.51. The normalized spacial score (nSPS) is 12.6. The van der Waals surface area contributed by atoms with E-state index in [9.17, 15) is 13.6 Å². The van der Waals surface area contributed by atoms with Crippen LogP contribution in [0.2, 0.25) is 0 Å². The van der Waals surface area contributed by atoms with E-state index >= 15 is 0 Å². The monoisotopic (exact) mass is 256 g/mol. The van der Waals surface area contributed by atoms with E-state index in [4.69, 9.17) is 5.73 Å². The molecule has 0 aromatic heterocycles. The van der Waals surface area contributed by atoms with Crippen LogP contribution in [0.5, 0.6) is 0 Å². The lowest BCUT2D eigenvalue weighted by Gasteiger charge is -2.14. The SMILES string of the molecule is CC(C)C[C@@H](N)C(=O)NCc1ccc(F)c(F)c1. The molecule has 0 unspecified atom stereocenters. The van der Waals surface area contributed by atoms with Crippen LogP contribution in [-0.2, 0) is 11.3 Å². The Labute approximate surface area is 105 Å². The molecule has 0 radical (unpaired) electrons. The third kappa shape index (κ3) is 4.41. The quantitative estimate of drug-likeness (QED) is 0.846. The van der Waals surface area contributed by atoms with Gasteiger partial charge in [0.2, 0.25) is 5.91 Å². The molecule has 0 saturated heterocycles. The first-order chi connectivity index (χ1) is 8.40. The zero-order valence-electron chi connectivity index (χ0n) is 10.5. The molecule has 3 N–H and O–H groups in total. The lowest BCUT2D eigenvalue weighted by Crippen LogP contribution is -2.41. The highest BCUT2D eigenvalue weighted by Gasteiger charge is 2.14. The van der Waals surface area contributed by atoms with Gasteiger partial charge < -0.3 is 11.1 Å². The van der Waals surface area contributed by atoms with Crippen LogP contribution in [0.15, 0.2) is 18.2 Å². The summed E-state index contributed by atoms with van der Waals surface area (Å²) in [4.78, 5) is 11.6. The van der Waals surface area contributed by atoms with E-state index in [-0.39, 0.29) is 12.5 Å². The van der Waals surface area contributed by atoms with E-state index in [1.54, 1.807) is 0 Å². The van der Waals surface area contributed by atoms with Crippen molar-refractivity contribution in [3.63, 3.8) is 0 Å². The Hall–Kier alpha value is -1.49. The van der Waals surface area contributed by atoms with Gasteiger partial charge in [-0.1, -0.05) is 19.9 Å². The molecule has 0 aliphatic heterocycles. The van der Waals surface area contributed by atoms with E-state index in [1.807, 2.05) is 13.8 Å². The molecule has 18 heavy (non-hydrogen) atoms. The molecular weight excluding hydrogens is 238 g/mol. The third-order valence-electron chi connectivity index (χ3n) is 2.51. The van der Waals surface area contributed by atoms with Gasteiger partial charge >= 0.3 is 0 Å². The zero-order valence-corrected chi connectivity index (χ0v) is 10.5. The molecule has 5 heteroatoms. The van der Waals surface area contributed by atoms with Crippen molar-refractivity contribution in [2.75, 3.05) is 0 Å². The van der Waals surface area contributed by atoms with Crippen molar-refractivity contribution in [2.24, 2.45) is 11.7 Å². The highest BCUT2D eigenvalue weighted by atomic mass is 19.2. The van der Waals surface area contributed by atoms with Gasteiger partial charge in [-0.05, 0) is 30.0 Å². The standard InChI is InChI=1S/C13H18F2N2O/c1-8(2)5-12(16)13(18)17-7-9-3-4-10(14)11(15)6-9/h3-4,6,8,12H,5,7,16H2,1-2H3,(H,17,18)/t12-/m1/s1. The minimum atomic E-state index is -0.923. The predicted octanol–water partition coefficient (Wildman–Crippen LogP) is 1.95. The summed E-state index contributed by atoms with van der Waals surface area (Å²) < 4.78 is 25.6. The van der Waals surface area contributed by atoms with Crippen molar-refractivity contribution >= 4 is 5.91 Å². The van der Waals surface area contributed by atoms with E-state index in [2.05, 4.69) is 5.32 Å². The molecule has 0 fully saturated rings. The maximum atomic E-state index is 12.9. The fourth-order valence-electron chi connectivity index (χ4n) is 1.58. The van der Waals surface area contributed by atoms with Crippen molar-refractivity contribution in [1.82, 2.24) is 5.32 Å². The highest BCUT2D eigenvalue weighted by molar-refractivity contribution is 5.81. The van der Waals surface area contributed by atoms with Gasteiger partial charge in [-0.25, -0.2) is 8.78 Å². The molecule has 0 aliphatic carbocycles. The largest absolute Gasteiger partial charge is 0.351 e. The molecule has 1 rings (SSSR count). The number of amides is 1. The molecule has 0 bridgehead atoms. The first-order valence-electron chi connectivity index (χ1n) is 5.87. The Balaban J connectivity index is 2.49. The summed E-state index contributed by atoms with van der Waals surface area (Å²) in [6, 6.07) is 2.94.